The number of ether oxygens (including phenoxy) is 1. The summed E-state index contributed by atoms with van der Waals surface area (Å²) in [5.41, 5.74) is -0.243. The van der Waals surface area contributed by atoms with E-state index in [0.29, 0.717) is 6.29 Å². The first kappa shape index (κ1) is 10.7. The SMILES string of the molecule is COC(=O)c1cc(F)cc(Cl)c1C=O. The highest BCUT2D eigenvalue weighted by atomic mass is 35.5. The Hall–Kier alpha value is -1.42. The van der Waals surface area contributed by atoms with Crippen LogP contribution in [0.5, 0.6) is 0 Å². The van der Waals surface area contributed by atoms with Gasteiger partial charge in [0.05, 0.1) is 17.7 Å². The monoisotopic (exact) mass is 216 g/mol. The van der Waals surface area contributed by atoms with Gasteiger partial charge in [0, 0.05) is 5.56 Å². The van der Waals surface area contributed by atoms with Crippen molar-refractivity contribution in [3.05, 3.63) is 34.1 Å². The molecule has 0 saturated carbocycles. The van der Waals surface area contributed by atoms with Crippen molar-refractivity contribution in [1.29, 1.82) is 0 Å². The van der Waals surface area contributed by atoms with Crippen molar-refractivity contribution in [2.24, 2.45) is 0 Å². The van der Waals surface area contributed by atoms with Crippen molar-refractivity contribution >= 4 is 23.9 Å². The molecule has 0 N–H and O–H groups in total. The molecule has 0 aliphatic heterocycles. The molecule has 0 bridgehead atoms. The van der Waals surface area contributed by atoms with E-state index < -0.39 is 11.8 Å². The van der Waals surface area contributed by atoms with Gasteiger partial charge < -0.3 is 4.74 Å². The minimum atomic E-state index is -0.798. The van der Waals surface area contributed by atoms with Crippen LogP contribution in [0.25, 0.3) is 0 Å². The van der Waals surface area contributed by atoms with Gasteiger partial charge in [-0.15, -0.1) is 0 Å². The Morgan fingerprint density at radius 1 is 1.57 bits per heavy atom. The van der Waals surface area contributed by atoms with Gasteiger partial charge in [-0.25, -0.2) is 9.18 Å². The summed E-state index contributed by atoms with van der Waals surface area (Å²) in [5, 5.41) is -0.111. The number of methoxy groups -OCH3 is 1. The second-order valence-corrected chi connectivity index (χ2v) is 2.87. The van der Waals surface area contributed by atoms with Crippen LogP contribution < -0.4 is 0 Å². The van der Waals surface area contributed by atoms with E-state index in [1.807, 2.05) is 0 Å². The fourth-order valence-corrected chi connectivity index (χ4v) is 1.23. The number of esters is 1. The van der Waals surface area contributed by atoms with Crippen LogP contribution in [0.3, 0.4) is 0 Å². The maximum atomic E-state index is 12.8. The zero-order valence-electron chi connectivity index (χ0n) is 7.21. The molecule has 0 fully saturated rings. The number of hydrogen-bond acceptors (Lipinski definition) is 3. The molecule has 0 spiro atoms. The van der Waals surface area contributed by atoms with E-state index in [1.165, 1.54) is 0 Å². The van der Waals surface area contributed by atoms with Crippen LogP contribution in [0, 0.1) is 5.82 Å². The van der Waals surface area contributed by atoms with Crippen LogP contribution in [0.4, 0.5) is 4.39 Å². The summed E-state index contributed by atoms with van der Waals surface area (Å²) in [4.78, 5) is 21.7. The molecule has 0 aliphatic rings. The maximum absolute atomic E-state index is 12.8. The van der Waals surface area contributed by atoms with Crippen molar-refractivity contribution in [3.8, 4) is 0 Å². The largest absolute Gasteiger partial charge is 0.465 e. The second-order valence-electron chi connectivity index (χ2n) is 2.46. The van der Waals surface area contributed by atoms with Crippen LogP contribution >= 0.6 is 11.6 Å². The normalized spacial score (nSPS) is 9.64. The van der Waals surface area contributed by atoms with E-state index in [1.54, 1.807) is 0 Å². The molecule has 1 aromatic carbocycles. The highest BCUT2D eigenvalue weighted by Gasteiger charge is 2.15. The fourth-order valence-electron chi connectivity index (χ4n) is 0.983. The predicted octanol–water partition coefficient (Wildman–Crippen LogP) is 2.08. The highest BCUT2D eigenvalue weighted by molar-refractivity contribution is 6.33. The fraction of sp³-hybridized carbons (Fsp3) is 0.111. The molecule has 5 heteroatoms. The summed E-state index contributed by atoms with van der Waals surface area (Å²) < 4.78 is 17.2. The molecule has 0 atom stereocenters. The van der Waals surface area contributed by atoms with Crippen LogP contribution in [0.1, 0.15) is 20.7 Å². The minimum Gasteiger partial charge on any atom is -0.465 e. The average molecular weight is 217 g/mol. The summed E-state index contributed by atoms with van der Waals surface area (Å²) in [7, 11) is 1.13. The van der Waals surface area contributed by atoms with E-state index >= 15 is 0 Å². The molecule has 3 nitrogen and oxygen atoms in total. The molecular formula is C9H6ClFO3. The zero-order valence-corrected chi connectivity index (χ0v) is 7.97. The first-order valence-electron chi connectivity index (χ1n) is 3.62. The van der Waals surface area contributed by atoms with Gasteiger partial charge in [-0.05, 0) is 12.1 Å². The van der Waals surface area contributed by atoms with Gasteiger partial charge in [0.1, 0.15) is 5.82 Å². The van der Waals surface area contributed by atoms with Crippen molar-refractivity contribution in [2.45, 2.75) is 0 Å². The van der Waals surface area contributed by atoms with Crippen molar-refractivity contribution in [2.75, 3.05) is 7.11 Å². The third-order valence-corrected chi connectivity index (χ3v) is 1.93. The number of carbonyl (C=O) groups is 2. The number of aldehydes is 1. The smallest absolute Gasteiger partial charge is 0.338 e. The lowest BCUT2D eigenvalue weighted by Crippen LogP contribution is -2.06. The number of rotatable bonds is 2. The molecular weight excluding hydrogens is 211 g/mol. The van der Waals surface area contributed by atoms with E-state index in [0.717, 1.165) is 19.2 Å². The molecule has 0 saturated heterocycles. The lowest BCUT2D eigenvalue weighted by Gasteiger charge is -2.04. The topological polar surface area (TPSA) is 43.4 Å². The van der Waals surface area contributed by atoms with Crippen LogP contribution in [0.2, 0.25) is 5.02 Å². The molecule has 0 aromatic heterocycles. The lowest BCUT2D eigenvalue weighted by molar-refractivity contribution is 0.0598. The van der Waals surface area contributed by atoms with Gasteiger partial charge in [-0.3, -0.25) is 4.79 Å². The summed E-state index contributed by atoms with van der Waals surface area (Å²) in [5.74, 6) is -1.49. The second kappa shape index (κ2) is 4.19. The van der Waals surface area contributed by atoms with Gasteiger partial charge >= 0.3 is 5.97 Å². The molecule has 1 aromatic rings. The van der Waals surface area contributed by atoms with Gasteiger partial charge in [0.2, 0.25) is 0 Å². The van der Waals surface area contributed by atoms with E-state index in [2.05, 4.69) is 4.74 Å². The number of carbonyl (C=O) groups excluding carboxylic acids is 2. The van der Waals surface area contributed by atoms with Gasteiger partial charge in [0.15, 0.2) is 6.29 Å². The van der Waals surface area contributed by atoms with Gasteiger partial charge in [-0.1, -0.05) is 11.6 Å². The van der Waals surface area contributed by atoms with Crippen molar-refractivity contribution < 1.29 is 18.7 Å². The predicted molar refractivity (Wildman–Crippen MR) is 48.1 cm³/mol. The first-order chi connectivity index (χ1) is 6.60. The Balaban J connectivity index is 3.39. The summed E-state index contributed by atoms with van der Waals surface area (Å²) in [6.07, 6.45) is 0.383. The maximum Gasteiger partial charge on any atom is 0.338 e. The molecule has 0 radical (unpaired) electrons. The first-order valence-corrected chi connectivity index (χ1v) is 4.00. The van der Waals surface area contributed by atoms with E-state index in [9.17, 15) is 14.0 Å². The minimum absolute atomic E-state index is 0.0695. The van der Waals surface area contributed by atoms with Crippen molar-refractivity contribution in [3.63, 3.8) is 0 Å². The molecule has 14 heavy (non-hydrogen) atoms. The Labute approximate surface area is 84.4 Å². The van der Waals surface area contributed by atoms with Gasteiger partial charge in [0.25, 0.3) is 0 Å². The zero-order chi connectivity index (χ0) is 10.7. The Morgan fingerprint density at radius 3 is 2.71 bits per heavy atom. The quantitative estimate of drug-likeness (QED) is 0.562. The third kappa shape index (κ3) is 1.90. The highest BCUT2D eigenvalue weighted by Crippen LogP contribution is 2.20. The number of hydrogen-bond donors (Lipinski definition) is 0. The lowest BCUT2D eigenvalue weighted by atomic mass is 10.1. The van der Waals surface area contributed by atoms with Crippen LogP contribution in [-0.2, 0) is 4.74 Å². The Morgan fingerprint density at radius 2 is 2.21 bits per heavy atom. The standard InChI is InChI=1S/C9H6ClFO3/c1-14-9(13)6-2-5(11)3-8(10)7(6)4-12/h2-4H,1H3. The third-order valence-electron chi connectivity index (χ3n) is 1.62. The van der Waals surface area contributed by atoms with E-state index in [-0.39, 0.29) is 16.1 Å². The number of halogens is 2. The summed E-state index contributed by atoms with van der Waals surface area (Å²) >= 11 is 5.56. The molecule has 0 aliphatic carbocycles. The number of benzene rings is 1. The molecule has 0 heterocycles. The summed E-state index contributed by atoms with van der Waals surface area (Å²) in [6, 6.07) is 1.86. The average Bonchev–Trinajstić information content (AvgIpc) is 2.15. The summed E-state index contributed by atoms with van der Waals surface area (Å²) in [6.45, 7) is 0. The molecule has 74 valence electrons. The Kier molecular flexibility index (Phi) is 3.19. The molecule has 1 rings (SSSR count). The van der Waals surface area contributed by atoms with Crippen LogP contribution in [-0.4, -0.2) is 19.4 Å². The van der Waals surface area contributed by atoms with E-state index in [4.69, 9.17) is 11.6 Å². The molecule has 0 unspecified atom stereocenters. The van der Waals surface area contributed by atoms with Crippen molar-refractivity contribution in [1.82, 2.24) is 0 Å². The van der Waals surface area contributed by atoms with Crippen LogP contribution in [0.15, 0.2) is 12.1 Å². The molecule has 0 amide bonds. The Bertz CT molecular complexity index is 390. The van der Waals surface area contributed by atoms with Gasteiger partial charge in [-0.2, -0.15) is 0 Å².